The minimum atomic E-state index is -0.570. The lowest BCUT2D eigenvalue weighted by Gasteiger charge is -2.25. The number of aromatic nitrogens is 1. The third-order valence-corrected chi connectivity index (χ3v) is 3.57. The van der Waals surface area contributed by atoms with Crippen LogP contribution in [0.1, 0.15) is 38.1 Å². The fraction of sp³-hybridized carbons (Fsp3) is 0.571. The summed E-state index contributed by atoms with van der Waals surface area (Å²) >= 11 is 1.63. The van der Waals surface area contributed by atoms with Crippen molar-refractivity contribution in [1.82, 2.24) is 10.3 Å². The SMILES string of the molecule is CCSc1ccc(C(=O)NCC(O)C(C)(C)C)cn1. The van der Waals surface area contributed by atoms with Crippen molar-refractivity contribution in [3.8, 4) is 0 Å². The molecule has 1 aromatic rings. The van der Waals surface area contributed by atoms with Gasteiger partial charge in [0.1, 0.15) is 0 Å². The summed E-state index contributed by atoms with van der Waals surface area (Å²) in [6.07, 6.45) is 0.996. The maximum Gasteiger partial charge on any atom is 0.252 e. The van der Waals surface area contributed by atoms with Crippen LogP contribution >= 0.6 is 11.8 Å². The van der Waals surface area contributed by atoms with Crippen molar-refractivity contribution in [2.24, 2.45) is 5.41 Å². The largest absolute Gasteiger partial charge is 0.391 e. The van der Waals surface area contributed by atoms with E-state index in [2.05, 4.69) is 17.2 Å². The zero-order valence-electron chi connectivity index (χ0n) is 11.9. The Kier molecular flexibility index (Phi) is 5.82. The van der Waals surface area contributed by atoms with E-state index >= 15 is 0 Å². The summed E-state index contributed by atoms with van der Waals surface area (Å²) < 4.78 is 0. The smallest absolute Gasteiger partial charge is 0.252 e. The van der Waals surface area contributed by atoms with Gasteiger partial charge in [0.25, 0.3) is 5.91 Å². The number of amides is 1. The first kappa shape index (κ1) is 16.0. The molecule has 0 radical (unpaired) electrons. The van der Waals surface area contributed by atoms with Crippen molar-refractivity contribution in [1.29, 1.82) is 0 Å². The van der Waals surface area contributed by atoms with Crippen LogP contribution in [0.3, 0.4) is 0 Å². The fourth-order valence-corrected chi connectivity index (χ4v) is 1.93. The van der Waals surface area contributed by atoms with Crippen LogP contribution in [0, 0.1) is 5.41 Å². The molecule has 0 fully saturated rings. The molecule has 19 heavy (non-hydrogen) atoms. The number of thioether (sulfide) groups is 1. The highest BCUT2D eigenvalue weighted by molar-refractivity contribution is 7.99. The van der Waals surface area contributed by atoms with E-state index in [4.69, 9.17) is 0 Å². The molecule has 5 heteroatoms. The molecule has 106 valence electrons. The Hall–Kier alpha value is -1.07. The van der Waals surface area contributed by atoms with Crippen molar-refractivity contribution in [2.45, 2.75) is 38.8 Å². The fourth-order valence-electron chi connectivity index (χ4n) is 1.35. The summed E-state index contributed by atoms with van der Waals surface area (Å²) in [4.78, 5) is 16.1. The van der Waals surface area contributed by atoms with E-state index in [1.54, 1.807) is 24.0 Å². The molecule has 1 amide bonds. The molecule has 0 spiro atoms. The number of hydrogen-bond donors (Lipinski definition) is 2. The van der Waals surface area contributed by atoms with Crippen molar-refractivity contribution in [2.75, 3.05) is 12.3 Å². The third-order valence-electron chi connectivity index (χ3n) is 2.75. The number of hydrogen-bond acceptors (Lipinski definition) is 4. The average molecular weight is 282 g/mol. The molecule has 1 aromatic heterocycles. The topological polar surface area (TPSA) is 62.2 Å². The van der Waals surface area contributed by atoms with Gasteiger partial charge in [0.2, 0.25) is 0 Å². The van der Waals surface area contributed by atoms with Gasteiger partial charge in [0.15, 0.2) is 0 Å². The number of rotatable bonds is 5. The van der Waals surface area contributed by atoms with E-state index in [-0.39, 0.29) is 17.9 Å². The average Bonchev–Trinajstić information content (AvgIpc) is 2.35. The van der Waals surface area contributed by atoms with Crippen molar-refractivity contribution >= 4 is 17.7 Å². The van der Waals surface area contributed by atoms with Gasteiger partial charge in [-0.15, -0.1) is 11.8 Å². The molecule has 0 aliphatic rings. The van der Waals surface area contributed by atoms with Crippen LogP contribution in [-0.4, -0.2) is 34.4 Å². The van der Waals surface area contributed by atoms with Gasteiger partial charge >= 0.3 is 0 Å². The van der Waals surface area contributed by atoms with Crippen LogP contribution in [0.2, 0.25) is 0 Å². The quantitative estimate of drug-likeness (QED) is 0.814. The van der Waals surface area contributed by atoms with Gasteiger partial charge in [-0.2, -0.15) is 0 Å². The van der Waals surface area contributed by atoms with E-state index in [9.17, 15) is 9.90 Å². The van der Waals surface area contributed by atoms with Gasteiger partial charge in [-0.3, -0.25) is 4.79 Å². The van der Waals surface area contributed by atoms with Gasteiger partial charge in [-0.25, -0.2) is 4.98 Å². The van der Waals surface area contributed by atoms with Crippen LogP contribution in [0.15, 0.2) is 23.4 Å². The molecule has 0 saturated heterocycles. The Labute approximate surface area is 119 Å². The zero-order valence-corrected chi connectivity index (χ0v) is 12.8. The number of pyridine rings is 1. The van der Waals surface area contributed by atoms with E-state index in [0.717, 1.165) is 10.8 Å². The van der Waals surface area contributed by atoms with Gasteiger partial charge in [0.05, 0.1) is 16.7 Å². The summed E-state index contributed by atoms with van der Waals surface area (Å²) in [5.74, 6) is 0.750. The van der Waals surface area contributed by atoms with Crippen LogP contribution in [0.25, 0.3) is 0 Å². The Morgan fingerprint density at radius 2 is 2.16 bits per heavy atom. The second-order valence-corrected chi connectivity index (χ2v) is 6.69. The van der Waals surface area contributed by atoms with E-state index < -0.39 is 6.10 Å². The molecular formula is C14H22N2O2S. The van der Waals surface area contributed by atoms with Crippen molar-refractivity contribution in [3.05, 3.63) is 23.9 Å². The van der Waals surface area contributed by atoms with Gasteiger partial charge in [-0.1, -0.05) is 27.7 Å². The molecule has 0 saturated carbocycles. The van der Waals surface area contributed by atoms with Crippen LogP contribution in [-0.2, 0) is 0 Å². The van der Waals surface area contributed by atoms with Crippen LogP contribution < -0.4 is 5.32 Å². The number of carbonyl (C=O) groups excluding carboxylic acids is 1. The maximum absolute atomic E-state index is 11.9. The van der Waals surface area contributed by atoms with Gasteiger partial charge in [-0.05, 0) is 23.3 Å². The molecular weight excluding hydrogens is 260 g/mol. The second kappa shape index (κ2) is 6.91. The zero-order chi connectivity index (χ0) is 14.5. The highest BCUT2D eigenvalue weighted by atomic mass is 32.2. The molecule has 0 aliphatic heterocycles. The number of carbonyl (C=O) groups is 1. The van der Waals surface area contributed by atoms with Gasteiger partial charge < -0.3 is 10.4 Å². The predicted molar refractivity (Wildman–Crippen MR) is 78.4 cm³/mol. The Morgan fingerprint density at radius 3 is 2.63 bits per heavy atom. The standard InChI is InChI=1S/C14H22N2O2S/c1-5-19-12-7-6-10(8-15-12)13(18)16-9-11(17)14(2,3)4/h6-8,11,17H,5,9H2,1-4H3,(H,16,18). The molecule has 1 unspecified atom stereocenters. The molecule has 4 nitrogen and oxygen atoms in total. The minimum absolute atomic E-state index is 0.205. The van der Waals surface area contributed by atoms with Gasteiger partial charge in [0, 0.05) is 12.7 Å². The van der Waals surface area contributed by atoms with E-state index in [0.29, 0.717) is 5.56 Å². The molecule has 0 bridgehead atoms. The Bertz CT molecular complexity index is 412. The first-order valence-corrected chi connectivity index (χ1v) is 7.38. The molecule has 1 rings (SSSR count). The van der Waals surface area contributed by atoms with Crippen molar-refractivity contribution in [3.63, 3.8) is 0 Å². The number of aliphatic hydroxyl groups excluding tert-OH is 1. The monoisotopic (exact) mass is 282 g/mol. The lowest BCUT2D eigenvalue weighted by Crippen LogP contribution is -2.39. The molecule has 0 aromatic carbocycles. The highest BCUT2D eigenvalue weighted by Gasteiger charge is 2.22. The van der Waals surface area contributed by atoms with Crippen LogP contribution in [0.4, 0.5) is 0 Å². The Morgan fingerprint density at radius 1 is 1.47 bits per heavy atom. The maximum atomic E-state index is 11.9. The lowest BCUT2D eigenvalue weighted by atomic mass is 9.89. The summed E-state index contributed by atoms with van der Waals surface area (Å²) in [5.41, 5.74) is 0.272. The minimum Gasteiger partial charge on any atom is -0.391 e. The predicted octanol–water partition coefficient (Wildman–Crippen LogP) is 2.33. The first-order valence-electron chi connectivity index (χ1n) is 6.39. The van der Waals surface area contributed by atoms with Crippen LogP contribution in [0.5, 0.6) is 0 Å². The van der Waals surface area contributed by atoms with E-state index in [1.807, 2.05) is 26.8 Å². The molecule has 1 atom stereocenters. The summed E-state index contributed by atoms with van der Waals surface area (Å²) in [6.45, 7) is 8.10. The summed E-state index contributed by atoms with van der Waals surface area (Å²) in [6, 6.07) is 3.59. The third kappa shape index (κ3) is 5.20. The Balaban J connectivity index is 2.54. The highest BCUT2D eigenvalue weighted by Crippen LogP contribution is 2.18. The summed E-state index contributed by atoms with van der Waals surface area (Å²) in [7, 11) is 0. The number of nitrogens with one attached hydrogen (secondary N) is 1. The summed E-state index contributed by atoms with van der Waals surface area (Å²) in [5, 5.41) is 13.5. The number of aliphatic hydroxyl groups is 1. The molecule has 2 N–H and O–H groups in total. The number of nitrogens with zero attached hydrogens (tertiary/aromatic N) is 1. The lowest BCUT2D eigenvalue weighted by molar-refractivity contribution is 0.0586. The second-order valence-electron chi connectivity index (χ2n) is 5.41. The van der Waals surface area contributed by atoms with Crippen molar-refractivity contribution < 1.29 is 9.90 Å². The molecule has 0 aliphatic carbocycles. The van der Waals surface area contributed by atoms with E-state index in [1.165, 1.54) is 0 Å². The first-order chi connectivity index (χ1) is 8.84. The normalized spacial score (nSPS) is 13.1. The molecule has 1 heterocycles.